The highest BCUT2D eigenvalue weighted by Gasteiger charge is 2.48. The van der Waals surface area contributed by atoms with Gasteiger partial charge in [-0.05, 0) is 17.5 Å². The predicted octanol–water partition coefficient (Wildman–Crippen LogP) is 3.45. The van der Waals surface area contributed by atoms with E-state index in [4.69, 9.17) is 10.3 Å². The molecule has 1 fully saturated rings. The fourth-order valence-corrected chi connectivity index (χ4v) is 2.51. The topological polar surface area (TPSA) is 95.4 Å². The minimum Gasteiger partial charge on any atom is -0.447 e. The number of imide groups is 1. The van der Waals surface area contributed by atoms with E-state index in [2.05, 4.69) is 10.0 Å². The van der Waals surface area contributed by atoms with Gasteiger partial charge in [0, 0.05) is 4.91 Å². The van der Waals surface area contributed by atoms with Gasteiger partial charge in [-0.15, -0.1) is 0 Å². The lowest BCUT2D eigenvalue weighted by Crippen LogP contribution is -2.49. The van der Waals surface area contributed by atoms with Crippen LogP contribution in [0.2, 0.25) is 0 Å². The minimum atomic E-state index is -4.76. The van der Waals surface area contributed by atoms with E-state index >= 15 is 0 Å². The van der Waals surface area contributed by atoms with Crippen molar-refractivity contribution in [3.63, 3.8) is 0 Å². The maximum atomic E-state index is 12.9. The summed E-state index contributed by atoms with van der Waals surface area (Å²) >= 11 is 0. The van der Waals surface area contributed by atoms with Crippen LogP contribution in [-0.2, 0) is 16.0 Å². The van der Waals surface area contributed by atoms with Gasteiger partial charge in [0.1, 0.15) is 12.6 Å². The van der Waals surface area contributed by atoms with E-state index in [1.54, 1.807) is 30.3 Å². The molecular weight excluding hydrogens is 341 g/mol. The fourth-order valence-electron chi connectivity index (χ4n) is 2.51. The molecule has 0 bridgehead atoms. The van der Waals surface area contributed by atoms with E-state index in [1.165, 1.54) is 0 Å². The third-order valence-corrected chi connectivity index (χ3v) is 3.93. The second-order valence-corrected chi connectivity index (χ2v) is 5.61. The summed E-state index contributed by atoms with van der Waals surface area (Å²) in [5, 5.41) is 2.97. The number of halogens is 3. The summed E-state index contributed by atoms with van der Waals surface area (Å²) in [4.78, 5) is 27.3. The average Bonchev–Trinajstić information content (AvgIpc) is 2.92. The molecule has 7 nitrogen and oxygen atoms in total. The predicted molar refractivity (Wildman–Crippen MR) is 80.3 cm³/mol. The Morgan fingerprint density at radius 1 is 1.44 bits per heavy atom. The van der Waals surface area contributed by atoms with Crippen LogP contribution in [0.1, 0.15) is 12.5 Å². The zero-order valence-corrected chi connectivity index (χ0v) is 13.2. The number of nitrogens with zero attached hydrogens (tertiary/aromatic N) is 4. The highest BCUT2D eigenvalue weighted by molar-refractivity contribution is 5.96. The smallest absolute Gasteiger partial charge is 0.416 e. The largest absolute Gasteiger partial charge is 0.447 e. The first kappa shape index (κ1) is 18.6. The minimum absolute atomic E-state index is 0.136. The molecule has 1 saturated heterocycles. The van der Waals surface area contributed by atoms with Crippen molar-refractivity contribution in [3.05, 3.63) is 46.3 Å². The van der Waals surface area contributed by atoms with Crippen molar-refractivity contribution in [1.29, 1.82) is 0 Å². The van der Waals surface area contributed by atoms with Crippen molar-refractivity contribution in [2.75, 3.05) is 6.61 Å². The molecule has 0 spiro atoms. The van der Waals surface area contributed by atoms with Gasteiger partial charge in [0.25, 0.3) is 0 Å². The van der Waals surface area contributed by atoms with Crippen molar-refractivity contribution in [1.82, 2.24) is 4.90 Å². The normalized spacial score (nSPS) is 19.8. The fraction of sp³-hybridized carbons (Fsp3) is 0.467. The monoisotopic (exact) mass is 356 g/mol. The molecule has 10 heteroatoms. The summed E-state index contributed by atoms with van der Waals surface area (Å²) in [7, 11) is 0. The number of azide groups is 1. The number of alkyl halides is 3. The van der Waals surface area contributed by atoms with E-state index in [9.17, 15) is 22.8 Å². The van der Waals surface area contributed by atoms with Crippen molar-refractivity contribution >= 4 is 12.0 Å². The number of hydrogen-bond donors (Lipinski definition) is 0. The van der Waals surface area contributed by atoms with Crippen LogP contribution in [0.15, 0.2) is 35.4 Å². The van der Waals surface area contributed by atoms with Crippen LogP contribution in [-0.4, -0.2) is 41.8 Å². The van der Waals surface area contributed by atoms with Crippen LogP contribution in [0.4, 0.5) is 18.0 Å². The Kier molecular flexibility index (Phi) is 5.53. The van der Waals surface area contributed by atoms with E-state index in [1.807, 2.05) is 0 Å². The first-order valence-corrected chi connectivity index (χ1v) is 7.40. The molecule has 0 aromatic heterocycles. The molecule has 0 N–H and O–H groups in total. The molecule has 1 aliphatic rings. The molecule has 0 aliphatic carbocycles. The third kappa shape index (κ3) is 4.21. The molecule has 1 aliphatic heterocycles. The van der Waals surface area contributed by atoms with Gasteiger partial charge in [0.2, 0.25) is 5.91 Å². The SMILES string of the molecule is C[C@@H]([C@@H](N=[N+]=[N-])C(=O)N1C(=O)OC[C@@H]1Cc1ccccc1)C(F)(F)F. The molecule has 2 amide bonds. The van der Waals surface area contributed by atoms with Gasteiger partial charge in [-0.1, -0.05) is 42.4 Å². The molecule has 0 radical (unpaired) electrons. The molecular formula is C15H15F3N4O3. The lowest BCUT2D eigenvalue weighted by molar-refractivity contribution is -0.180. The second kappa shape index (κ2) is 7.43. The van der Waals surface area contributed by atoms with Crippen LogP contribution in [0.5, 0.6) is 0 Å². The van der Waals surface area contributed by atoms with Crippen LogP contribution in [0.3, 0.4) is 0 Å². The van der Waals surface area contributed by atoms with Crippen LogP contribution >= 0.6 is 0 Å². The quantitative estimate of drug-likeness (QED) is 0.459. The Bertz CT molecular complexity index is 689. The van der Waals surface area contributed by atoms with Crippen molar-refractivity contribution < 1.29 is 27.5 Å². The standard InChI is InChI=1S/C15H15F3N4O3/c1-9(15(16,17)18)12(20-21-19)13(23)22-11(8-25-14(22)24)7-10-5-3-2-4-6-10/h2-6,9,11-12H,7-8H2,1H3/t9-,11-,12+/m0/s1. The number of cyclic esters (lactones) is 1. The summed E-state index contributed by atoms with van der Waals surface area (Å²) in [5.74, 6) is -3.45. The van der Waals surface area contributed by atoms with Crippen molar-refractivity contribution in [2.24, 2.45) is 11.0 Å². The number of rotatable bonds is 5. The Hall–Kier alpha value is -2.74. The van der Waals surface area contributed by atoms with Crippen molar-refractivity contribution in [3.8, 4) is 0 Å². The number of carbonyl (C=O) groups is 2. The van der Waals surface area contributed by atoms with Gasteiger partial charge >= 0.3 is 12.3 Å². The molecule has 3 atom stereocenters. The molecule has 25 heavy (non-hydrogen) atoms. The highest BCUT2D eigenvalue weighted by Crippen LogP contribution is 2.32. The van der Waals surface area contributed by atoms with Crippen LogP contribution in [0.25, 0.3) is 10.4 Å². The molecule has 134 valence electrons. The Morgan fingerprint density at radius 2 is 2.08 bits per heavy atom. The summed E-state index contributed by atoms with van der Waals surface area (Å²) in [6.45, 7) is 0.591. The molecule has 0 saturated carbocycles. The van der Waals surface area contributed by atoms with Gasteiger partial charge < -0.3 is 4.74 Å². The average molecular weight is 356 g/mol. The Balaban J connectivity index is 2.26. The Labute approximate surface area is 141 Å². The zero-order chi connectivity index (χ0) is 18.6. The van der Waals surface area contributed by atoms with E-state index in [0.717, 1.165) is 12.5 Å². The van der Waals surface area contributed by atoms with Gasteiger partial charge in [-0.3, -0.25) is 4.79 Å². The van der Waals surface area contributed by atoms with E-state index in [-0.39, 0.29) is 13.0 Å². The van der Waals surface area contributed by atoms with Gasteiger partial charge in [0.05, 0.1) is 12.0 Å². The summed E-state index contributed by atoms with van der Waals surface area (Å²) < 4.78 is 43.6. The second-order valence-electron chi connectivity index (χ2n) is 5.61. The molecule has 0 unspecified atom stereocenters. The lowest BCUT2D eigenvalue weighted by Gasteiger charge is -2.26. The number of ether oxygens (including phenoxy) is 1. The lowest BCUT2D eigenvalue weighted by atomic mass is 9.99. The van der Waals surface area contributed by atoms with Gasteiger partial charge in [-0.25, -0.2) is 9.69 Å². The maximum absolute atomic E-state index is 12.9. The first-order valence-electron chi connectivity index (χ1n) is 7.40. The molecule has 2 rings (SSSR count). The molecule has 1 aromatic carbocycles. The van der Waals surface area contributed by atoms with E-state index < -0.39 is 36.2 Å². The Morgan fingerprint density at radius 3 is 2.64 bits per heavy atom. The number of amides is 2. The maximum Gasteiger partial charge on any atom is 0.416 e. The van der Waals surface area contributed by atoms with E-state index in [0.29, 0.717) is 4.90 Å². The third-order valence-electron chi connectivity index (χ3n) is 3.93. The number of hydrogen-bond acceptors (Lipinski definition) is 4. The van der Waals surface area contributed by atoms with Crippen LogP contribution in [0, 0.1) is 5.92 Å². The molecule has 1 heterocycles. The highest BCUT2D eigenvalue weighted by atomic mass is 19.4. The van der Waals surface area contributed by atoms with Gasteiger partial charge in [0.15, 0.2) is 0 Å². The molecule has 1 aromatic rings. The summed E-state index contributed by atoms with van der Waals surface area (Å²) in [6, 6.07) is 5.98. The summed E-state index contributed by atoms with van der Waals surface area (Å²) in [6.07, 6.45) is -5.58. The first-order chi connectivity index (χ1) is 11.8. The summed E-state index contributed by atoms with van der Waals surface area (Å²) in [5.41, 5.74) is 9.30. The number of carbonyl (C=O) groups excluding carboxylic acids is 2. The van der Waals surface area contributed by atoms with Crippen LogP contribution < -0.4 is 0 Å². The number of benzene rings is 1. The van der Waals surface area contributed by atoms with Gasteiger partial charge in [-0.2, -0.15) is 13.2 Å². The van der Waals surface area contributed by atoms with Crippen molar-refractivity contribution in [2.45, 2.75) is 31.6 Å². The zero-order valence-electron chi connectivity index (χ0n) is 13.2.